The lowest BCUT2D eigenvalue weighted by Crippen LogP contribution is -2.38. The molecule has 5 heteroatoms. The lowest BCUT2D eigenvalue weighted by molar-refractivity contribution is -0.121. The summed E-state index contributed by atoms with van der Waals surface area (Å²) in [5, 5.41) is 1.11. The molecule has 0 saturated carbocycles. The predicted octanol–water partition coefficient (Wildman–Crippen LogP) is 3.92. The first-order chi connectivity index (χ1) is 9.63. The minimum atomic E-state index is -0.0835. The van der Waals surface area contributed by atoms with Crippen LogP contribution >= 0.6 is 23.2 Å². The summed E-state index contributed by atoms with van der Waals surface area (Å²) < 4.78 is 5.41. The van der Waals surface area contributed by atoms with Gasteiger partial charge in [0.05, 0.1) is 12.2 Å². The minimum Gasteiger partial charge on any atom is -0.482 e. The number of carbonyl (C=O) groups is 1. The van der Waals surface area contributed by atoms with Gasteiger partial charge in [0, 0.05) is 10.0 Å². The van der Waals surface area contributed by atoms with Crippen molar-refractivity contribution in [3.05, 3.63) is 58.1 Å². The Kier molecular flexibility index (Phi) is 3.55. The van der Waals surface area contributed by atoms with Crippen molar-refractivity contribution in [2.24, 2.45) is 0 Å². The van der Waals surface area contributed by atoms with Gasteiger partial charge < -0.3 is 9.64 Å². The third-order valence-electron chi connectivity index (χ3n) is 3.07. The average molecular weight is 308 g/mol. The van der Waals surface area contributed by atoms with Gasteiger partial charge in [-0.15, -0.1) is 0 Å². The van der Waals surface area contributed by atoms with Crippen LogP contribution in [0.2, 0.25) is 10.0 Å². The second-order valence-corrected chi connectivity index (χ2v) is 5.39. The zero-order chi connectivity index (χ0) is 14.1. The van der Waals surface area contributed by atoms with E-state index in [0.717, 1.165) is 11.3 Å². The number of para-hydroxylation sites is 2. The van der Waals surface area contributed by atoms with Crippen LogP contribution in [0, 0.1) is 0 Å². The number of rotatable bonds is 2. The van der Waals surface area contributed by atoms with Crippen LogP contribution in [-0.4, -0.2) is 12.5 Å². The summed E-state index contributed by atoms with van der Waals surface area (Å²) in [5.41, 5.74) is 1.65. The quantitative estimate of drug-likeness (QED) is 0.841. The van der Waals surface area contributed by atoms with E-state index < -0.39 is 0 Å². The summed E-state index contributed by atoms with van der Waals surface area (Å²) in [7, 11) is 0. The molecule has 3 rings (SSSR count). The van der Waals surface area contributed by atoms with Crippen LogP contribution in [0.15, 0.2) is 42.5 Å². The van der Waals surface area contributed by atoms with Crippen LogP contribution in [0.4, 0.5) is 5.69 Å². The number of benzene rings is 2. The highest BCUT2D eigenvalue weighted by atomic mass is 35.5. The van der Waals surface area contributed by atoms with Gasteiger partial charge in [-0.05, 0) is 35.9 Å². The lowest BCUT2D eigenvalue weighted by Gasteiger charge is -2.29. The number of anilines is 1. The molecule has 2 aromatic carbocycles. The van der Waals surface area contributed by atoms with Crippen molar-refractivity contribution in [1.29, 1.82) is 0 Å². The maximum absolute atomic E-state index is 12.1. The Morgan fingerprint density at radius 1 is 1.10 bits per heavy atom. The molecule has 1 aliphatic heterocycles. The molecule has 0 aromatic heterocycles. The molecule has 0 atom stereocenters. The van der Waals surface area contributed by atoms with Crippen molar-refractivity contribution in [3.8, 4) is 5.75 Å². The van der Waals surface area contributed by atoms with E-state index in [9.17, 15) is 4.79 Å². The van der Waals surface area contributed by atoms with Crippen LogP contribution in [0.1, 0.15) is 5.56 Å². The molecule has 0 spiro atoms. The number of ether oxygens (including phenoxy) is 1. The van der Waals surface area contributed by atoms with E-state index in [2.05, 4.69) is 0 Å². The zero-order valence-corrected chi connectivity index (χ0v) is 12.0. The maximum Gasteiger partial charge on any atom is 0.265 e. The second-order valence-electron chi connectivity index (χ2n) is 4.51. The minimum absolute atomic E-state index is 0.0469. The summed E-state index contributed by atoms with van der Waals surface area (Å²) >= 11 is 12.0. The van der Waals surface area contributed by atoms with Gasteiger partial charge in [0.2, 0.25) is 0 Å². The average Bonchev–Trinajstić information content (AvgIpc) is 2.41. The Morgan fingerprint density at radius 3 is 2.55 bits per heavy atom. The van der Waals surface area contributed by atoms with E-state index >= 15 is 0 Å². The molecule has 0 unspecified atom stereocenters. The first kappa shape index (κ1) is 13.3. The fourth-order valence-corrected chi connectivity index (χ4v) is 2.78. The van der Waals surface area contributed by atoms with Crippen LogP contribution in [0.25, 0.3) is 0 Å². The van der Waals surface area contributed by atoms with Gasteiger partial charge >= 0.3 is 0 Å². The van der Waals surface area contributed by atoms with E-state index in [0.29, 0.717) is 22.3 Å². The SMILES string of the molecule is O=C1COc2ccccc2N1Cc1cc(Cl)cc(Cl)c1. The van der Waals surface area contributed by atoms with Crippen LogP contribution < -0.4 is 9.64 Å². The summed E-state index contributed by atoms with van der Waals surface area (Å²) in [4.78, 5) is 13.7. The highest BCUT2D eigenvalue weighted by Gasteiger charge is 2.25. The predicted molar refractivity (Wildman–Crippen MR) is 79.6 cm³/mol. The highest BCUT2D eigenvalue weighted by molar-refractivity contribution is 6.34. The smallest absolute Gasteiger partial charge is 0.265 e. The molecule has 0 saturated heterocycles. The van der Waals surface area contributed by atoms with Gasteiger partial charge in [-0.3, -0.25) is 4.79 Å². The summed E-state index contributed by atoms with van der Waals surface area (Å²) in [6.07, 6.45) is 0. The topological polar surface area (TPSA) is 29.5 Å². The number of hydrogen-bond donors (Lipinski definition) is 0. The molecule has 0 aliphatic carbocycles. The van der Waals surface area contributed by atoms with Gasteiger partial charge in [0.1, 0.15) is 5.75 Å². The standard InChI is InChI=1S/C15H11Cl2NO2/c16-11-5-10(6-12(17)7-11)8-18-13-3-1-2-4-14(13)20-9-15(18)19/h1-7H,8-9H2. The molecule has 102 valence electrons. The Morgan fingerprint density at radius 2 is 1.80 bits per heavy atom. The molecular formula is C15H11Cl2NO2. The number of hydrogen-bond acceptors (Lipinski definition) is 2. The summed E-state index contributed by atoms with van der Waals surface area (Å²) in [6, 6.07) is 12.7. The van der Waals surface area contributed by atoms with E-state index in [4.69, 9.17) is 27.9 Å². The van der Waals surface area contributed by atoms with Crippen molar-refractivity contribution in [3.63, 3.8) is 0 Å². The Labute approximate surface area is 126 Å². The Balaban J connectivity index is 1.95. The molecule has 3 nitrogen and oxygen atoms in total. The lowest BCUT2D eigenvalue weighted by atomic mass is 10.1. The van der Waals surface area contributed by atoms with Crippen molar-refractivity contribution in [2.75, 3.05) is 11.5 Å². The summed E-state index contributed by atoms with van der Waals surface area (Å²) in [5.74, 6) is 0.625. The third kappa shape index (κ3) is 2.60. The van der Waals surface area contributed by atoms with Crippen molar-refractivity contribution in [2.45, 2.75) is 6.54 Å². The van der Waals surface area contributed by atoms with E-state index in [-0.39, 0.29) is 12.5 Å². The van der Waals surface area contributed by atoms with E-state index in [1.165, 1.54) is 0 Å². The van der Waals surface area contributed by atoms with E-state index in [1.807, 2.05) is 24.3 Å². The number of carbonyl (C=O) groups excluding carboxylic acids is 1. The molecule has 0 fully saturated rings. The molecule has 1 amide bonds. The fourth-order valence-electron chi connectivity index (χ4n) is 2.21. The molecule has 2 aromatic rings. The Bertz CT molecular complexity index is 652. The number of halogens is 2. The summed E-state index contributed by atoms with van der Waals surface area (Å²) in [6.45, 7) is 0.463. The number of fused-ring (bicyclic) bond motifs is 1. The van der Waals surface area contributed by atoms with Crippen molar-refractivity contribution < 1.29 is 9.53 Å². The van der Waals surface area contributed by atoms with Crippen LogP contribution in [0.5, 0.6) is 5.75 Å². The third-order valence-corrected chi connectivity index (χ3v) is 3.51. The first-order valence-corrected chi connectivity index (χ1v) is 6.86. The largest absolute Gasteiger partial charge is 0.482 e. The van der Waals surface area contributed by atoms with Gasteiger partial charge in [-0.25, -0.2) is 0 Å². The monoisotopic (exact) mass is 307 g/mol. The molecule has 0 N–H and O–H groups in total. The van der Waals surface area contributed by atoms with Gasteiger partial charge in [0.25, 0.3) is 5.91 Å². The Hall–Kier alpha value is -1.71. The maximum atomic E-state index is 12.1. The molecule has 20 heavy (non-hydrogen) atoms. The van der Waals surface area contributed by atoms with Crippen LogP contribution in [0.3, 0.4) is 0 Å². The highest BCUT2D eigenvalue weighted by Crippen LogP contribution is 2.33. The van der Waals surface area contributed by atoms with Gasteiger partial charge in [0.15, 0.2) is 6.61 Å². The molecule has 0 radical (unpaired) electrons. The van der Waals surface area contributed by atoms with Gasteiger partial charge in [-0.2, -0.15) is 0 Å². The molecule has 1 heterocycles. The fraction of sp³-hybridized carbons (Fsp3) is 0.133. The van der Waals surface area contributed by atoms with Gasteiger partial charge in [-0.1, -0.05) is 35.3 Å². The zero-order valence-electron chi connectivity index (χ0n) is 10.5. The van der Waals surface area contributed by atoms with Crippen LogP contribution in [-0.2, 0) is 11.3 Å². The van der Waals surface area contributed by atoms with Crippen molar-refractivity contribution in [1.82, 2.24) is 0 Å². The number of nitrogens with zero attached hydrogens (tertiary/aromatic N) is 1. The molecular weight excluding hydrogens is 297 g/mol. The first-order valence-electron chi connectivity index (χ1n) is 6.10. The molecule has 0 bridgehead atoms. The second kappa shape index (κ2) is 5.35. The van der Waals surface area contributed by atoms with Crippen molar-refractivity contribution >= 4 is 34.8 Å². The van der Waals surface area contributed by atoms with E-state index in [1.54, 1.807) is 23.1 Å². The normalized spacial score (nSPS) is 13.9. The molecule has 1 aliphatic rings. The number of amides is 1.